The third-order valence-electron chi connectivity index (χ3n) is 4.47. The first-order valence-electron chi connectivity index (χ1n) is 8.51. The van der Waals surface area contributed by atoms with Crippen LogP contribution in [0.1, 0.15) is 25.0 Å². The van der Waals surface area contributed by atoms with Crippen LogP contribution >= 0.6 is 0 Å². The Balaban J connectivity index is 1.86. The molecule has 2 heterocycles. The first-order chi connectivity index (χ1) is 12.0. The maximum atomic E-state index is 12.9. The number of rotatable bonds is 6. The summed E-state index contributed by atoms with van der Waals surface area (Å²) in [6, 6.07) is 10.0. The summed E-state index contributed by atoms with van der Waals surface area (Å²) in [6.07, 6.45) is 8.44. The molecule has 0 fully saturated rings. The van der Waals surface area contributed by atoms with Crippen molar-refractivity contribution in [3.8, 4) is 0 Å². The van der Waals surface area contributed by atoms with E-state index < -0.39 is 0 Å². The van der Waals surface area contributed by atoms with Gasteiger partial charge in [-0.3, -0.25) is 9.89 Å². The molecular formula is C20H25N3O2. The molecule has 3 rings (SSSR count). The molecule has 0 radical (unpaired) electrons. The van der Waals surface area contributed by atoms with Crippen molar-refractivity contribution in [2.24, 2.45) is 0 Å². The molecule has 5 heteroatoms. The molecule has 1 aromatic heterocycles. The Morgan fingerprint density at radius 1 is 1.24 bits per heavy atom. The number of benzene rings is 1. The van der Waals surface area contributed by atoms with Gasteiger partial charge in [0.15, 0.2) is 0 Å². The smallest absolute Gasteiger partial charge is 0.276 e. The van der Waals surface area contributed by atoms with E-state index >= 15 is 0 Å². The van der Waals surface area contributed by atoms with Crippen molar-refractivity contribution in [1.82, 2.24) is 14.7 Å². The minimum absolute atomic E-state index is 0.00868. The van der Waals surface area contributed by atoms with E-state index in [0.29, 0.717) is 13.0 Å². The van der Waals surface area contributed by atoms with Gasteiger partial charge < -0.3 is 9.64 Å². The van der Waals surface area contributed by atoms with E-state index in [2.05, 4.69) is 16.1 Å². The summed E-state index contributed by atoms with van der Waals surface area (Å²) >= 11 is 0. The van der Waals surface area contributed by atoms with Gasteiger partial charge in [-0.25, -0.2) is 4.68 Å². The quantitative estimate of drug-likeness (QED) is 0.880. The zero-order valence-corrected chi connectivity index (χ0v) is 15.0. The second-order valence-electron chi connectivity index (χ2n) is 6.90. The minimum Gasteiger partial charge on any atom is -0.377 e. The van der Waals surface area contributed by atoms with Crippen LogP contribution < -0.4 is 5.56 Å². The molecular weight excluding hydrogens is 314 g/mol. The van der Waals surface area contributed by atoms with Crippen LogP contribution in [0.5, 0.6) is 0 Å². The van der Waals surface area contributed by atoms with Crippen molar-refractivity contribution < 1.29 is 4.74 Å². The van der Waals surface area contributed by atoms with Crippen molar-refractivity contribution in [2.75, 3.05) is 20.2 Å². The Kier molecular flexibility index (Phi) is 4.95. The largest absolute Gasteiger partial charge is 0.377 e. The van der Waals surface area contributed by atoms with Gasteiger partial charge in [-0.2, -0.15) is 0 Å². The molecule has 0 amide bonds. The van der Waals surface area contributed by atoms with Crippen molar-refractivity contribution >= 4 is 5.82 Å². The molecule has 1 N–H and O–H groups in total. The van der Waals surface area contributed by atoms with E-state index in [1.54, 1.807) is 18.0 Å². The molecule has 0 unspecified atom stereocenters. The molecule has 0 saturated heterocycles. The second kappa shape index (κ2) is 7.15. The number of hydrogen-bond donors (Lipinski definition) is 1. The average molecular weight is 339 g/mol. The summed E-state index contributed by atoms with van der Waals surface area (Å²) in [7, 11) is 1.71. The predicted molar refractivity (Wildman–Crippen MR) is 100 cm³/mol. The molecule has 1 aromatic carbocycles. The summed E-state index contributed by atoms with van der Waals surface area (Å²) in [5.41, 5.74) is 1.58. The summed E-state index contributed by atoms with van der Waals surface area (Å²) < 4.78 is 7.17. The topological polar surface area (TPSA) is 50.3 Å². The van der Waals surface area contributed by atoms with Gasteiger partial charge in [0.25, 0.3) is 5.56 Å². The summed E-state index contributed by atoms with van der Waals surface area (Å²) in [4.78, 5) is 15.0. The van der Waals surface area contributed by atoms with Gasteiger partial charge in [0.05, 0.1) is 5.60 Å². The SMILES string of the molecule is COC(C)(C)CN1CC=CC=C1n1[nH]cc(Cc2ccccc2)c1=O. The monoisotopic (exact) mass is 339 g/mol. The normalized spacial score (nSPS) is 14.7. The van der Waals surface area contributed by atoms with Gasteiger partial charge in [0.1, 0.15) is 5.82 Å². The predicted octanol–water partition coefficient (Wildman–Crippen LogP) is 2.86. The fourth-order valence-corrected chi connectivity index (χ4v) is 2.95. The van der Waals surface area contributed by atoms with Crippen LogP contribution in [0.3, 0.4) is 0 Å². The molecule has 2 aromatic rings. The number of aromatic nitrogens is 2. The highest BCUT2D eigenvalue weighted by atomic mass is 16.5. The maximum Gasteiger partial charge on any atom is 0.276 e. The van der Waals surface area contributed by atoms with Gasteiger partial charge in [0.2, 0.25) is 0 Å². The van der Waals surface area contributed by atoms with Gasteiger partial charge >= 0.3 is 0 Å². The molecule has 1 aliphatic rings. The van der Waals surface area contributed by atoms with Crippen molar-refractivity contribution in [2.45, 2.75) is 25.9 Å². The van der Waals surface area contributed by atoms with Crippen LogP contribution in [0.15, 0.2) is 59.6 Å². The highest BCUT2D eigenvalue weighted by Gasteiger charge is 2.25. The maximum absolute atomic E-state index is 12.9. The Morgan fingerprint density at radius 3 is 2.72 bits per heavy atom. The Labute approximate surface area is 148 Å². The average Bonchev–Trinajstić information content (AvgIpc) is 2.97. The lowest BCUT2D eigenvalue weighted by molar-refractivity contribution is 0.00472. The number of nitrogens with one attached hydrogen (secondary N) is 1. The number of ether oxygens (including phenoxy) is 1. The van der Waals surface area contributed by atoms with Gasteiger partial charge in [0, 0.05) is 38.4 Å². The zero-order valence-electron chi connectivity index (χ0n) is 15.0. The lowest BCUT2D eigenvalue weighted by Crippen LogP contribution is -2.42. The summed E-state index contributed by atoms with van der Waals surface area (Å²) in [5.74, 6) is 0.844. The van der Waals surface area contributed by atoms with E-state index in [0.717, 1.165) is 23.5 Å². The third kappa shape index (κ3) is 3.94. The molecule has 0 atom stereocenters. The molecule has 0 bridgehead atoms. The fourth-order valence-electron chi connectivity index (χ4n) is 2.95. The standard InChI is InChI=1S/C20H25N3O2/c1-20(2,25-3)15-22-12-8-7-11-18(22)23-19(24)17(14-21-23)13-16-9-5-4-6-10-16/h4-11,14,21H,12-13,15H2,1-3H3. The van der Waals surface area contributed by atoms with Crippen LogP contribution in [-0.2, 0) is 11.2 Å². The fraction of sp³-hybridized carbons (Fsp3) is 0.350. The van der Waals surface area contributed by atoms with Crippen LogP contribution in [0.2, 0.25) is 0 Å². The Bertz CT molecular complexity index is 828. The molecule has 1 aliphatic heterocycles. The van der Waals surface area contributed by atoms with E-state index in [9.17, 15) is 4.79 Å². The molecule has 132 valence electrons. The summed E-state index contributed by atoms with van der Waals surface area (Å²) in [5, 5.41) is 3.12. The Morgan fingerprint density at radius 2 is 2.00 bits per heavy atom. The molecule has 0 aliphatic carbocycles. The first kappa shape index (κ1) is 17.3. The third-order valence-corrected chi connectivity index (χ3v) is 4.47. The van der Waals surface area contributed by atoms with Gasteiger partial charge in [-0.15, -0.1) is 0 Å². The van der Waals surface area contributed by atoms with Crippen LogP contribution in [0, 0.1) is 0 Å². The first-order valence-corrected chi connectivity index (χ1v) is 8.51. The van der Waals surface area contributed by atoms with Crippen LogP contribution in [-0.4, -0.2) is 40.5 Å². The van der Waals surface area contributed by atoms with Crippen molar-refractivity contribution in [3.05, 3.63) is 76.2 Å². The number of methoxy groups -OCH3 is 1. The van der Waals surface area contributed by atoms with E-state index in [-0.39, 0.29) is 11.2 Å². The number of aromatic amines is 1. The Hall–Kier alpha value is -2.53. The van der Waals surface area contributed by atoms with Crippen molar-refractivity contribution in [1.29, 1.82) is 0 Å². The lowest BCUT2D eigenvalue weighted by Gasteiger charge is -2.34. The summed E-state index contributed by atoms with van der Waals surface area (Å²) in [6.45, 7) is 5.53. The van der Waals surface area contributed by atoms with Crippen LogP contribution in [0.25, 0.3) is 5.82 Å². The molecule has 25 heavy (non-hydrogen) atoms. The highest BCUT2D eigenvalue weighted by Crippen LogP contribution is 2.19. The number of hydrogen-bond acceptors (Lipinski definition) is 3. The lowest BCUT2D eigenvalue weighted by atomic mass is 10.1. The zero-order chi connectivity index (χ0) is 17.9. The second-order valence-corrected chi connectivity index (χ2v) is 6.90. The van der Waals surface area contributed by atoms with E-state index in [4.69, 9.17) is 4.74 Å². The van der Waals surface area contributed by atoms with Crippen LogP contribution in [0.4, 0.5) is 0 Å². The molecule has 0 spiro atoms. The van der Waals surface area contributed by atoms with E-state index in [1.165, 1.54) is 0 Å². The number of allylic oxidation sites excluding steroid dienone is 2. The van der Waals surface area contributed by atoms with E-state index in [1.807, 2.05) is 56.3 Å². The number of H-pyrrole nitrogens is 1. The molecule has 5 nitrogen and oxygen atoms in total. The number of nitrogens with zero attached hydrogens (tertiary/aromatic N) is 2. The minimum atomic E-state index is -0.298. The van der Waals surface area contributed by atoms with Crippen molar-refractivity contribution in [3.63, 3.8) is 0 Å². The highest BCUT2D eigenvalue weighted by molar-refractivity contribution is 5.48. The van der Waals surface area contributed by atoms with Gasteiger partial charge in [-0.05, 0) is 25.5 Å². The van der Waals surface area contributed by atoms with Gasteiger partial charge in [-0.1, -0.05) is 42.5 Å². The molecule has 0 saturated carbocycles.